The van der Waals surface area contributed by atoms with E-state index in [1.807, 2.05) is 0 Å². The van der Waals surface area contributed by atoms with Crippen molar-refractivity contribution in [2.45, 2.75) is 31.3 Å². The van der Waals surface area contributed by atoms with Crippen molar-refractivity contribution in [1.82, 2.24) is 0 Å². The lowest BCUT2D eigenvalue weighted by Crippen LogP contribution is -2.42. The van der Waals surface area contributed by atoms with E-state index in [1.54, 1.807) is 0 Å². The zero-order chi connectivity index (χ0) is 17.5. The minimum atomic E-state index is -2.74. The summed E-state index contributed by atoms with van der Waals surface area (Å²) in [6, 6.07) is 8.58. The number of hydrogen-bond acceptors (Lipinski definition) is 4. The van der Waals surface area contributed by atoms with Crippen LogP contribution in [0.1, 0.15) is 30.4 Å². The monoisotopic (exact) mass is 322 g/mol. The molecule has 0 saturated heterocycles. The largest absolute Gasteiger partial charge is 0.481 e. The van der Waals surface area contributed by atoms with Crippen molar-refractivity contribution in [1.29, 1.82) is 0 Å². The van der Waals surface area contributed by atoms with Crippen molar-refractivity contribution in [3.63, 3.8) is 0 Å². The summed E-state index contributed by atoms with van der Waals surface area (Å²) in [5, 5.41) is 33.8. The Kier molecular flexibility index (Phi) is 6.47. The van der Waals surface area contributed by atoms with Gasteiger partial charge in [-0.3, -0.25) is 9.59 Å². The molecule has 1 aromatic rings. The maximum atomic E-state index is 10.3. The fourth-order valence-electron chi connectivity index (χ4n) is 2.09. The van der Waals surface area contributed by atoms with E-state index in [0.29, 0.717) is 0 Å². The lowest BCUT2D eigenvalue weighted by molar-refractivity contribution is -0.170. The number of carboxylic acids is 3. The summed E-state index contributed by atoms with van der Waals surface area (Å²) in [5.41, 5.74) is 0.149. The van der Waals surface area contributed by atoms with Crippen LogP contribution in [0.25, 0.3) is 6.08 Å². The van der Waals surface area contributed by atoms with Gasteiger partial charge in [-0.1, -0.05) is 36.4 Å². The molecule has 0 spiro atoms. The van der Waals surface area contributed by atoms with Crippen LogP contribution in [-0.2, 0) is 20.8 Å². The second kappa shape index (κ2) is 8.09. The van der Waals surface area contributed by atoms with Crippen molar-refractivity contribution >= 4 is 24.0 Å². The maximum Gasteiger partial charge on any atom is 0.336 e. The SMILES string of the molecule is C1=Cc2ccccc2CC1.O=C(O)CC(O)(CC(=O)O)C(=O)O. The van der Waals surface area contributed by atoms with Crippen molar-refractivity contribution in [3.05, 3.63) is 41.5 Å². The Morgan fingerprint density at radius 3 is 2.04 bits per heavy atom. The van der Waals surface area contributed by atoms with E-state index in [1.165, 1.54) is 24.0 Å². The van der Waals surface area contributed by atoms with Crippen LogP contribution in [0.3, 0.4) is 0 Å². The van der Waals surface area contributed by atoms with Gasteiger partial charge >= 0.3 is 17.9 Å². The van der Waals surface area contributed by atoms with Crippen LogP contribution in [-0.4, -0.2) is 43.9 Å². The fraction of sp³-hybridized carbons (Fsp3) is 0.312. The predicted octanol–water partition coefficient (Wildman–Crippen LogP) is 1.40. The summed E-state index contributed by atoms with van der Waals surface area (Å²) in [5.74, 6) is -5.02. The molecule has 7 nitrogen and oxygen atoms in total. The van der Waals surface area contributed by atoms with Crippen LogP contribution in [0.4, 0.5) is 0 Å². The number of aliphatic carboxylic acids is 3. The molecule has 0 saturated carbocycles. The Hall–Kier alpha value is -2.67. The smallest absolute Gasteiger partial charge is 0.336 e. The van der Waals surface area contributed by atoms with Crippen molar-refractivity contribution < 1.29 is 34.8 Å². The van der Waals surface area contributed by atoms with Gasteiger partial charge in [0.1, 0.15) is 0 Å². The van der Waals surface area contributed by atoms with Crippen molar-refractivity contribution in [2.75, 3.05) is 0 Å². The van der Waals surface area contributed by atoms with Crippen molar-refractivity contribution in [3.8, 4) is 0 Å². The van der Waals surface area contributed by atoms with Crippen molar-refractivity contribution in [2.24, 2.45) is 0 Å². The number of aliphatic hydroxyl groups is 1. The molecule has 0 atom stereocenters. The molecule has 0 unspecified atom stereocenters. The van der Waals surface area contributed by atoms with E-state index in [2.05, 4.69) is 36.4 Å². The van der Waals surface area contributed by atoms with Gasteiger partial charge in [-0.15, -0.1) is 0 Å². The Morgan fingerprint density at radius 1 is 1.00 bits per heavy atom. The second-order valence-electron chi connectivity index (χ2n) is 5.12. The molecular weight excluding hydrogens is 304 g/mol. The zero-order valence-electron chi connectivity index (χ0n) is 12.3. The van der Waals surface area contributed by atoms with E-state index in [4.69, 9.17) is 20.4 Å². The average molecular weight is 322 g/mol. The summed E-state index contributed by atoms with van der Waals surface area (Å²) in [6.07, 6.45) is 4.58. The molecule has 23 heavy (non-hydrogen) atoms. The number of fused-ring (bicyclic) bond motifs is 1. The highest BCUT2D eigenvalue weighted by Crippen LogP contribution is 2.17. The minimum absolute atomic E-state index is 1.14. The summed E-state index contributed by atoms with van der Waals surface area (Å²) in [4.78, 5) is 30.5. The highest BCUT2D eigenvalue weighted by Gasteiger charge is 2.40. The Balaban J connectivity index is 0.000000235. The Labute approximate surface area is 132 Å². The number of aryl methyl sites for hydroxylation is 1. The lowest BCUT2D eigenvalue weighted by atomic mass is 9.96. The number of carbonyl (C=O) groups is 3. The molecule has 2 rings (SSSR count). The molecule has 0 heterocycles. The van der Waals surface area contributed by atoms with Crippen LogP contribution < -0.4 is 0 Å². The number of rotatable bonds is 5. The summed E-state index contributed by atoms with van der Waals surface area (Å²) in [7, 11) is 0. The molecule has 0 radical (unpaired) electrons. The van der Waals surface area contributed by atoms with E-state index in [0.717, 1.165) is 0 Å². The van der Waals surface area contributed by atoms with E-state index < -0.39 is 36.4 Å². The van der Waals surface area contributed by atoms with Gasteiger partial charge in [-0.2, -0.15) is 0 Å². The van der Waals surface area contributed by atoms with Gasteiger partial charge in [-0.25, -0.2) is 4.79 Å². The number of allylic oxidation sites excluding steroid dienone is 1. The first-order valence-electron chi connectivity index (χ1n) is 6.88. The van der Waals surface area contributed by atoms with Crippen LogP contribution in [0.2, 0.25) is 0 Å². The van der Waals surface area contributed by atoms with Gasteiger partial charge in [0.15, 0.2) is 5.60 Å². The van der Waals surface area contributed by atoms with Crippen LogP contribution >= 0.6 is 0 Å². The highest BCUT2D eigenvalue weighted by molar-refractivity contribution is 5.88. The normalized spacial score (nSPS) is 12.6. The fourth-order valence-corrected chi connectivity index (χ4v) is 2.09. The molecule has 7 heteroatoms. The zero-order valence-corrected chi connectivity index (χ0v) is 12.3. The molecule has 0 fully saturated rings. The third-order valence-corrected chi connectivity index (χ3v) is 3.22. The van der Waals surface area contributed by atoms with Gasteiger partial charge in [0.2, 0.25) is 0 Å². The molecule has 124 valence electrons. The van der Waals surface area contributed by atoms with E-state index in [9.17, 15) is 14.4 Å². The molecule has 1 aromatic carbocycles. The van der Waals surface area contributed by atoms with Crippen LogP contribution in [0.15, 0.2) is 30.3 Å². The number of benzene rings is 1. The molecule has 0 amide bonds. The average Bonchev–Trinajstić information content (AvgIpc) is 2.46. The van der Waals surface area contributed by atoms with Gasteiger partial charge in [0.05, 0.1) is 12.8 Å². The van der Waals surface area contributed by atoms with Gasteiger partial charge in [-0.05, 0) is 24.0 Å². The molecule has 1 aliphatic carbocycles. The first kappa shape index (κ1) is 18.4. The van der Waals surface area contributed by atoms with E-state index in [-0.39, 0.29) is 0 Å². The molecule has 4 N–H and O–H groups in total. The first-order valence-corrected chi connectivity index (χ1v) is 6.88. The second-order valence-corrected chi connectivity index (χ2v) is 5.12. The maximum absolute atomic E-state index is 10.3. The number of hydrogen-bond donors (Lipinski definition) is 4. The molecular formula is C16H18O7. The number of carboxylic acid groups (broad SMARTS) is 3. The highest BCUT2D eigenvalue weighted by atomic mass is 16.4. The lowest BCUT2D eigenvalue weighted by Gasteiger charge is -2.18. The quantitative estimate of drug-likeness (QED) is 0.644. The third kappa shape index (κ3) is 5.91. The summed E-state index contributed by atoms with van der Waals surface area (Å²) < 4.78 is 0. The minimum Gasteiger partial charge on any atom is -0.481 e. The van der Waals surface area contributed by atoms with E-state index >= 15 is 0 Å². The van der Waals surface area contributed by atoms with Gasteiger partial charge in [0, 0.05) is 0 Å². The summed E-state index contributed by atoms with van der Waals surface area (Å²) >= 11 is 0. The summed E-state index contributed by atoms with van der Waals surface area (Å²) in [6.45, 7) is 0. The molecule has 1 aliphatic rings. The first-order chi connectivity index (χ1) is 10.7. The molecule has 0 aliphatic heterocycles. The van der Waals surface area contributed by atoms with Crippen LogP contribution in [0, 0.1) is 0 Å². The standard InChI is InChI=1S/C10H10.C6H8O7/c1-2-6-10-8-4-3-7-9(10)5-1;7-3(8)1-6(13,5(11)12)2-4(9)10/h1-3,5-7H,4,8H2;13H,1-2H2,(H,7,8)(H,9,10)(H,11,12). The molecule has 0 aromatic heterocycles. The predicted molar refractivity (Wildman–Crippen MR) is 80.9 cm³/mol. The van der Waals surface area contributed by atoms with Gasteiger partial charge < -0.3 is 20.4 Å². The Bertz CT molecular complexity index is 603. The molecule has 0 bridgehead atoms. The third-order valence-electron chi connectivity index (χ3n) is 3.22. The van der Waals surface area contributed by atoms with Gasteiger partial charge in [0.25, 0.3) is 0 Å². The van der Waals surface area contributed by atoms with Crippen LogP contribution in [0.5, 0.6) is 0 Å². The Morgan fingerprint density at radius 2 is 1.57 bits per heavy atom. The topological polar surface area (TPSA) is 132 Å².